The van der Waals surface area contributed by atoms with Crippen LogP contribution in [-0.4, -0.2) is 32.8 Å². The first-order valence-corrected chi connectivity index (χ1v) is 10.7. The van der Waals surface area contributed by atoms with Gasteiger partial charge in [-0.15, -0.1) is 5.10 Å². The molecule has 1 saturated heterocycles. The number of halogens is 2. The van der Waals surface area contributed by atoms with Crippen LogP contribution in [-0.2, 0) is 0 Å². The number of nitrogens with one attached hydrogen (secondary N) is 1. The number of benzene rings is 1. The Kier molecular flexibility index (Phi) is 5.12. The van der Waals surface area contributed by atoms with Crippen molar-refractivity contribution >= 4 is 43.2 Å². The quantitative estimate of drug-likeness (QED) is 0.485. The van der Waals surface area contributed by atoms with Crippen molar-refractivity contribution in [2.24, 2.45) is 5.73 Å². The third-order valence-electron chi connectivity index (χ3n) is 4.82. The number of fused-ring (bicyclic) bond motifs is 1. The van der Waals surface area contributed by atoms with E-state index in [1.807, 2.05) is 17.6 Å². The topological polar surface area (TPSA) is 71.5 Å². The molecule has 10 heteroatoms. The molecule has 2 unspecified atom stereocenters. The summed E-state index contributed by atoms with van der Waals surface area (Å²) in [5.74, 6) is 0.381. The average Bonchev–Trinajstić information content (AvgIpc) is 3.27. The molecular formula is C18H19F2N6PS. The summed E-state index contributed by atoms with van der Waals surface area (Å²) in [6.45, 7) is 2.68. The Morgan fingerprint density at radius 1 is 1.36 bits per heavy atom. The van der Waals surface area contributed by atoms with E-state index in [2.05, 4.69) is 10.2 Å². The molecule has 0 bridgehead atoms. The van der Waals surface area contributed by atoms with Crippen LogP contribution in [0.15, 0.2) is 30.5 Å². The molecule has 0 aliphatic carbocycles. The zero-order valence-corrected chi connectivity index (χ0v) is 16.9. The number of aromatic nitrogens is 3. The SMILES string of the molecule is CPNc1nn2ccc(N3CCCC3c3cc(F)ccc3F)nc2c1C(N)=S. The second kappa shape index (κ2) is 7.56. The second-order valence-corrected chi connectivity index (χ2v) is 7.72. The van der Waals surface area contributed by atoms with Crippen LogP contribution in [0.1, 0.15) is 30.0 Å². The van der Waals surface area contributed by atoms with E-state index in [9.17, 15) is 8.78 Å². The van der Waals surface area contributed by atoms with Crippen molar-refractivity contribution in [2.75, 3.05) is 23.2 Å². The van der Waals surface area contributed by atoms with E-state index in [0.29, 0.717) is 43.7 Å². The molecular weight excluding hydrogens is 401 g/mol. The summed E-state index contributed by atoms with van der Waals surface area (Å²) in [6, 6.07) is 5.10. The smallest absolute Gasteiger partial charge is 0.169 e. The second-order valence-electron chi connectivity index (χ2n) is 6.53. The van der Waals surface area contributed by atoms with Gasteiger partial charge in [-0.2, -0.15) is 0 Å². The highest BCUT2D eigenvalue weighted by Gasteiger charge is 2.30. The van der Waals surface area contributed by atoms with E-state index >= 15 is 0 Å². The van der Waals surface area contributed by atoms with Gasteiger partial charge in [-0.3, -0.25) is 0 Å². The third kappa shape index (κ3) is 3.29. The first-order valence-electron chi connectivity index (χ1n) is 8.83. The van der Waals surface area contributed by atoms with Crippen molar-refractivity contribution in [1.29, 1.82) is 0 Å². The van der Waals surface area contributed by atoms with Crippen molar-refractivity contribution in [1.82, 2.24) is 14.6 Å². The summed E-state index contributed by atoms with van der Waals surface area (Å²) >= 11 is 5.20. The van der Waals surface area contributed by atoms with E-state index in [-0.39, 0.29) is 11.0 Å². The first kappa shape index (κ1) is 19.0. The lowest BCUT2D eigenvalue weighted by Gasteiger charge is -2.26. The number of hydrogen-bond donors (Lipinski definition) is 2. The van der Waals surface area contributed by atoms with Gasteiger partial charge in [-0.25, -0.2) is 18.3 Å². The molecule has 0 saturated carbocycles. The molecule has 3 heterocycles. The minimum atomic E-state index is -0.450. The van der Waals surface area contributed by atoms with Crippen LogP contribution in [0, 0.1) is 11.6 Å². The predicted molar refractivity (Wildman–Crippen MR) is 112 cm³/mol. The molecule has 2 atom stereocenters. The third-order valence-corrected chi connectivity index (χ3v) is 5.52. The highest BCUT2D eigenvalue weighted by Crippen LogP contribution is 2.37. The normalized spacial score (nSPS) is 17.1. The molecule has 146 valence electrons. The number of rotatable bonds is 5. The molecule has 4 rings (SSSR count). The van der Waals surface area contributed by atoms with Gasteiger partial charge in [0.05, 0.1) is 11.6 Å². The number of nitrogens with zero attached hydrogens (tertiary/aromatic N) is 4. The van der Waals surface area contributed by atoms with Crippen LogP contribution in [0.2, 0.25) is 0 Å². The molecule has 0 amide bonds. The van der Waals surface area contributed by atoms with Crippen LogP contribution < -0.4 is 15.7 Å². The van der Waals surface area contributed by atoms with Crippen molar-refractivity contribution < 1.29 is 8.78 Å². The van der Waals surface area contributed by atoms with Crippen molar-refractivity contribution in [3.8, 4) is 0 Å². The largest absolute Gasteiger partial charge is 0.389 e. The van der Waals surface area contributed by atoms with Gasteiger partial charge >= 0.3 is 0 Å². The maximum Gasteiger partial charge on any atom is 0.169 e. The Hall–Kier alpha value is -2.38. The average molecular weight is 420 g/mol. The monoisotopic (exact) mass is 420 g/mol. The molecule has 1 aliphatic heterocycles. The standard InChI is InChI=1S/C18H19F2N6PS/c1-27-24-17-15(16(21)28)18-22-14(6-8-26(18)23-17)25-7-2-3-13(25)11-9-10(19)4-5-12(11)20/h4-6,8-9,13,27H,2-3,7H2,1H3,(H2,21,28)(H,23,24). The predicted octanol–water partition coefficient (Wildman–Crippen LogP) is 3.62. The molecule has 1 fully saturated rings. The first-order chi connectivity index (χ1) is 13.5. The van der Waals surface area contributed by atoms with E-state index in [4.69, 9.17) is 22.9 Å². The van der Waals surface area contributed by atoms with Gasteiger partial charge in [0, 0.05) is 18.3 Å². The fraction of sp³-hybridized carbons (Fsp3) is 0.278. The summed E-state index contributed by atoms with van der Waals surface area (Å²) in [4.78, 5) is 6.91. The van der Waals surface area contributed by atoms with Gasteiger partial charge in [0.25, 0.3) is 0 Å². The zero-order valence-electron chi connectivity index (χ0n) is 15.1. The van der Waals surface area contributed by atoms with Crippen LogP contribution in [0.25, 0.3) is 5.65 Å². The minimum absolute atomic E-state index is 0.203. The lowest BCUT2D eigenvalue weighted by molar-refractivity contribution is 0.560. The highest BCUT2D eigenvalue weighted by molar-refractivity contribution is 7.80. The fourth-order valence-electron chi connectivity index (χ4n) is 3.65. The van der Waals surface area contributed by atoms with Gasteiger partial charge in [-0.1, -0.05) is 12.2 Å². The molecule has 3 aromatic rings. The summed E-state index contributed by atoms with van der Waals surface area (Å²) in [7, 11) is 0.430. The lowest BCUT2D eigenvalue weighted by Crippen LogP contribution is -2.24. The maximum absolute atomic E-state index is 14.4. The zero-order chi connectivity index (χ0) is 19.8. The van der Waals surface area contributed by atoms with E-state index in [0.717, 1.165) is 18.9 Å². The maximum atomic E-state index is 14.4. The minimum Gasteiger partial charge on any atom is -0.389 e. The molecule has 0 radical (unpaired) electrons. The molecule has 28 heavy (non-hydrogen) atoms. The molecule has 0 spiro atoms. The Morgan fingerprint density at radius 3 is 2.93 bits per heavy atom. The Bertz CT molecular complexity index is 1060. The Morgan fingerprint density at radius 2 is 2.18 bits per heavy atom. The van der Waals surface area contributed by atoms with Crippen molar-refractivity contribution in [2.45, 2.75) is 18.9 Å². The molecule has 1 aromatic carbocycles. The van der Waals surface area contributed by atoms with E-state index in [1.54, 1.807) is 10.7 Å². The van der Waals surface area contributed by atoms with Gasteiger partial charge in [0.1, 0.15) is 22.4 Å². The molecule has 2 aromatic heterocycles. The fourth-order valence-corrected chi connectivity index (χ4v) is 4.25. The number of thiocarbonyl (C=S) groups is 1. The van der Waals surface area contributed by atoms with E-state index in [1.165, 1.54) is 12.1 Å². The van der Waals surface area contributed by atoms with E-state index < -0.39 is 11.6 Å². The van der Waals surface area contributed by atoms with Crippen LogP contribution in [0.3, 0.4) is 0 Å². The van der Waals surface area contributed by atoms with Crippen molar-refractivity contribution in [3.05, 3.63) is 53.2 Å². The summed E-state index contributed by atoms with van der Waals surface area (Å²) < 4.78 is 29.7. The summed E-state index contributed by atoms with van der Waals surface area (Å²) in [5, 5.41) is 7.62. The van der Waals surface area contributed by atoms with Gasteiger partial charge < -0.3 is 15.7 Å². The van der Waals surface area contributed by atoms with Gasteiger partial charge in [0.2, 0.25) is 0 Å². The van der Waals surface area contributed by atoms with Crippen LogP contribution >= 0.6 is 20.9 Å². The van der Waals surface area contributed by atoms with Crippen LogP contribution in [0.5, 0.6) is 0 Å². The molecule has 6 nitrogen and oxygen atoms in total. The highest BCUT2D eigenvalue weighted by atomic mass is 32.1. The van der Waals surface area contributed by atoms with Gasteiger partial charge in [-0.05, 0) is 52.5 Å². The molecule has 3 N–H and O–H groups in total. The number of hydrogen-bond acceptors (Lipinski definition) is 5. The molecule has 1 aliphatic rings. The summed E-state index contributed by atoms with van der Waals surface area (Å²) in [5.41, 5.74) is 7.37. The van der Waals surface area contributed by atoms with Crippen LogP contribution in [0.4, 0.5) is 20.4 Å². The Balaban J connectivity index is 1.78. The van der Waals surface area contributed by atoms with Gasteiger partial charge in [0.15, 0.2) is 11.5 Å². The number of nitrogens with two attached hydrogens (primary N) is 1. The summed E-state index contributed by atoms with van der Waals surface area (Å²) in [6.07, 6.45) is 3.36. The van der Waals surface area contributed by atoms with Crippen molar-refractivity contribution in [3.63, 3.8) is 0 Å². The lowest BCUT2D eigenvalue weighted by atomic mass is 10.0. The number of anilines is 2. The Labute approximate surface area is 168 Å².